The number of aromatic amines is 1. The summed E-state index contributed by atoms with van der Waals surface area (Å²) in [5.74, 6) is 1.30. The van der Waals surface area contributed by atoms with Crippen molar-refractivity contribution in [1.82, 2.24) is 9.97 Å². The van der Waals surface area contributed by atoms with Crippen molar-refractivity contribution in [1.29, 1.82) is 0 Å². The van der Waals surface area contributed by atoms with Gasteiger partial charge < -0.3 is 15.6 Å². The van der Waals surface area contributed by atoms with Gasteiger partial charge in [-0.15, -0.1) is 0 Å². The van der Waals surface area contributed by atoms with Crippen molar-refractivity contribution in [2.24, 2.45) is 11.7 Å². The number of hydrogen-bond acceptors (Lipinski definition) is 4. The van der Waals surface area contributed by atoms with Crippen LogP contribution in [0, 0.1) is 5.92 Å². The second-order valence-corrected chi connectivity index (χ2v) is 5.14. The van der Waals surface area contributed by atoms with E-state index in [4.69, 9.17) is 5.73 Å². The van der Waals surface area contributed by atoms with Gasteiger partial charge in [0.2, 0.25) is 0 Å². The van der Waals surface area contributed by atoms with E-state index >= 15 is 0 Å². The quantitative estimate of drug-likeness (QED) is 0.858. The molecule has 88 valence electrons. The maximum atomic E-state index is 11.4. The molecule has 0 unspecified atom stereocenters. The van der Waals surface area contributed by atoms with E-state index in [0.29, 0.717) is 22.3 Å². The Balaban J connectivity index is 2.06. The Morgan fingerprint density at radius 2 is 2.38 bits per heavy atom. The zero-order valence-electron chi connectivity index (χ0n) is 9.11. The minimum absolute atomic E-state index is 0.151. The van der Waals surface area contributed by atoms with Gasteiger partial charge >= 0.3 is 0 Å². The lowest BCUT2D eigenvalue weighted by Gasteiger charge is -2.35. The summed E-state index contributed by atoms with van der Waals surface area (Å²) in [4.78, 5) is 20.1. The summed E-state index contributed by atoms with van der Waals surface area (Å²) in [7, 11) is 1.94. The van der Waals surface area contributed by atoms with Gasteiger partial charge in [0.25, 0.3) is 5.56 Å². The number of hydrogen-bond donors (Lipinski definition) is 2. The lowest BCUT2D eigenvalue weighted by molar-refractivity contribution is 0.270. The molecule has 3 N–H and O–H groups in total. The van der Waals surface area contributed by atoms with Crippen LogP contribution in [0.25, 0.3) is 0 Å². The van der Waals surface area contributed by atoms with E-state index in [1.54, 1.807) is 0 Å². The Labute approximate surface area is 102 Å². The van der Waals surface area contributed by atoms with Crippen LogP contribution < -0.4 is 16.2 Å². The van der Waals surface area contributed by atoms with E-state index in [0.717, 1.165) is 19.4 Å². The maximum absolute atomic E-state index is 11.4. The molecule has 5 nitrogen and oxygen atoms in total. The van der Waals surface area contributed by atoms with E-state index in [2.05, 4.69) is 25.9 Å². The summed E-state index contributed by atoms with van der Waals surface area (Å²) in [6, 6.07) is 0.356. The first kappa shape index (κ1) is 11.6. The Bertz CT molecular complexity index is 427. The van der Waals surface area contributed by atoms with Gasteiger partial charge in [-0.05, 0) is 34.7 Å². The molecule has 1 aliphatic carbocycles. The fourth-order valence-corrected chi connectivity index (χ4v) is 2.57. The number of H-pyrrole nitrogens is 1. The Morgan fingerprint density at radius 1 is 1.69 bits per heavy atom. The first-order valence-electron chi connectivity index (χ1n) is 5.28. The number of nitrogens with zero attached hydrogens (tertiary/aromatic N) is 2. The van der Waals surface area contributed by atoms with Gasteiger partial charge in [0.15, 0.2) is 0 Å². The fourth-order valence-electron chi connectivity index (χ4n) is 2.05. The van der Waals surface area contributed by atoms with Crippen LogP contribution in [-0.4, -0.2) is 29.6 Å². The molecule has 6 heteroatoms. The van der Waals surface area contributed by atoms with Gasteiger partial charge in [0, 0.05) is 19.6 Å². The normalized spacial score (nSPS) is 23.9. The first-order chi connectivity index (χ1) is 7.58. The van der Waals surface area contributed by atoms with Crippen molar-refractivity contribution in [3.63, 3.8) is 0 Å². The fraction of sp³-hybridized carbons (Fsp3) is 0.600. The molecule has 1 saturated carbocycles. The molecule has 0 radical (unpaired) electrons. The molecular formula is C10H15BrN4O. The highest BCUT2D eigenvalue weighted by Gasteiger charge is 2.27. The third-order valence-electron chi connectivity index (χ3n) is 2.94. The molecule has 0 spiro atoms. The van der Waals surface area contributed by atoms with Crippen molar-refractivity contribution in [3.05, 3.63) is 21.2 Å². The van der Waals surface area contributed by atoms with Crippen LogP contribution in [0.5, 0.6) is 0 Å². The third-order valence-corrected chi connectivity index (χ3v) is 3.66. The van der Waals surface area contributed by atoms with E-state index in [1.807, 2.05) is 11.9 Å². The topological polar surface area (TPSA) is 75.0 Å². The molecule has 1 aromatic rings. The zero-order chi connectivity index (χ0) is 11.7. The van der Waals surface area contributed by atoms with Crippen molar-refractivity contribution < 1.29 is 0 Å². The summed E-state index contributed by atoms with van der Waals surface area (Å²) in [5.41, 5.74) is 5.59. The van der Waals surface area contributed by atoms with Crippen molar-refractivity contribution >= 4 is 21.7 Å². The van der Waals surface area contributed by atoms with Gasteiger partial charge in [-0.3, -0.25) is 4.79 Å². The molecule has 16 heavy (non-hydrogen) atoms. The molecule has 0 aromatic carbocycles. The van der Waals surface area contributed by atoms with Crippen molar-refractivity contribution in [2.75, 3.05) is 18.5 Å². The Hall–Kier alpha value is -0.880. The van der Waals surface area contributed by atoms with Crippen molar-refractivity contribution in [2.45, 2.75) is 18.9 Å². The highest BCUT2D eigenvalue weighted by Crippen LogP contribution is 2.28. The lowest BCUT2D eigenvalue weighted by atomic mass is 9.81. The molecule has 2 rings (SSSR count). The number of aromatic nitrogens is 2. The van der Waals surface area contributed by atoms with Crippen LogP contribution in [0.1, 0.15) is 12.8 Å². The number of rotatable bonds is 3. The van der Waals surface area contributed by atoms with Crippen molar-refractivity contribution in [3.8, 4) is 0 Å². The first-order valence-corrected chi connectivity index (χ1v) is 6.07. The summed E-state index contributed by atoms with van der Waals surface area (Å²) in [6.45, 7) is 0.892. The smallest absolute Gasteiger partial charge is 0.267 e. The van der Waals surface area contributed by atoms with Gasteiger partial charge in [-0.25, -0.2) is 4.98 Å². The van der Waals surface area contributed by atoms with Gasteiger partial charge in [-0.1, -0.05) is 0 Å². The van der Waals surface area contributed by atoms with E-state index in [1.165, 1.54) is 6.33 Å². The van der Waals surface area contributed by atoms with E-state index in [9.17, 15) is 4.79 Å². The summed E-state index contributed by atoms with van der Waals surface area (Å²) < 4.78 is 0.487. The summed E-state index contributed by atoms with van der Waals surface area (Å²) >= 11 is 3.25. The summed E-state index contributed by atoms with van der Waals surface area (Å²) in [5, 5.41) is 0. The van der Waals surface area contributed by atoms with Crippen LogP contribution in [0.3, 0.4) is 0 Å². The molecule has 0 amide bonds. The molecule has 1 fully saturated rings. The largest absolute Gasteiger partial charge is 0.358 e. The monoisotopic (exact) mass is 286 g/mol. The SMILES string of the molecule is CN(CC1CC(N)C1)c1nc[nH]c(=O)c1Br. The summed E-state index contributed by atoms with van der Waals surface area (Å²) in [6.07, 6.45) is 3.54. The van der Waals surface area contributed by atoms with Crippen LogP contribution in [0.15, 0.2) is 15.6 Å². The van der Waals surface area contributed by atoms with Crippen LogP contribution in [0.2, 0.25) is 0 Å². The van der Waals surface area contributed by atoms with Gasteiger partial charge in [-0.2, -0.15) is 0 Å². The molecule has 0 aliphatic heterocycles. The minimum Gasteiger partial charge on any atom is -0.358 e. The lowest BCUT2D eigenvalue weighted by Crippen LogP contribution is -2.42. The van der Waals surface area contributed by atoms with Crippen LogP contribution in [0.4, 0.5) is 5.82 Å². The molecule has 1 heterocycles. The number of nitrogens with two attached hydrogens (primary N) is 1. The molecule has 0 saturated heterocycles. The van der Waals surface area contributed by atoms with E-state index < -0.39 is 0 Å². The Morgan fingerprint density at radius 3 is 3.00 bits per heavy atom. The van der Waals surface area contributed by atoms with Crippen LogP contribution in [-0.2, 0) is 0 Å². The molecule has 1 aliphatic rings. The van der Waals surface area contributed by atoms with E-state index in [-0.39, 0.29) is 5.56 Å². The predicted molar refractivity (Wildman–Crippen MR) is 66.5 cm³/mol. The Kier molecular flexibility index (Phi) is 3.30. The standard InChI is InChI=1S/C10H15BrN4O/c1-15(4-6-2-7(12)3-6)9-8(11)10(16)14-5-13-9/h5-7H,2-4,12H2,1H3,(H,13,14,16). The zero-order valence-corrected chi connectivity index (χ0v) is 10.7. The van der Waals surface area contributed by atoms with Gasteiger partial charge in [0.05, 0.1) is 6.33 Å². The third kappa shape index (κ3) is 2.27. The van der Waals surface area contributed by atoms with Crippen LogP contribution >= 0.6 is 15.9 Å². The minimum atomic E-state index is -0.151. The molecular weight excluding hydrogens is 272 g/mol. The molecule has 0 atom stereocenters. The highest BCUT2D eigenvalue weighted by molar-refractivity contribution is 9.10. The maximum Gasteiger partial charge on any atom is 0.267 e. The number of nitrogens with one attached hydrogen (secondary N) is 1. The number of anilines is 1. The predicted octanol–water partition coefficient (Wildman–Crippen LogP) is 0.706. The number of halogens is 1. The highest BCUT2D eigenvalue weighted by atomic mass is 79.9. The second-order valence-electron chi connectivity index (χ2n) is 4.35. The second kappa shape index (κ2) is 4.55. The average Bonchev–Trinajstić information content (AvgIpc) is 2.19. The average molecular weight is 287 g/mol. The molecule has 0 bridgehead atoms. The van der Waals surface area contributed by atoms with Gasteiger partial charge in [0.1, 0.15) is 10.3 Å². The molecule has 1 aromatic heterocycles.